The fourth-order valence-electron chi connectivity index (χ4n) is 4.05. The maximum Gasteiger partial charge on any atom is 0.272 e. The highest BCUT2D eigenvalue weighted by atomic mass is 35.5. The van der Waals surface area contributed by atoms with Crippen LogP contribution in [0.5, 0.6) is 0 Å². The molecule has 2 heterocycles. The molecule has 1 aromatic carbocycles. The topological polar surface area (TPSA) is 71.8 Å². The molecule has 0 spiro atoms. The number of halogens is 2. The molecule has 0 bridgehead atoms. The number of aromatic nitrogens is 3. The second kappa shape index (κ2) is 12.2. The number of carbonyl (C=O) groups is 1. The van der Waals surface area contributed by atoms with Crippen LogP contribution in [0.4, 0.5) is 0 Å². The molecular formula is C26H31Cl2N5O. The lowest BCUT2D eigenvalue weighted by atomic mass is 9.95. The number of hydrogen-bond acceptors (Lipinski definition) is 4. The van der Waals surface area contributed by atoms with Crippen LogP contribution in [0.15, 0.2) is 55.4 Å². The predicted octanol–water partition coefficient (Wildman–Crippen LogP) is 5.86. The van der Waals surface area contributed by atoms with E-state index in [0.717, 1.165) is 29.7 Å². The smallest absolute Gasteiger partial charge is 0.272 e. The Morgan fingerprint density at radius 2 is 2.06 bits per heavy atom. The second-order valence-electron chi connectivity index (χ2n) is 8.26. The first-order valence-electron chi connectivity index (χ1n) is 11.4. The fourth-order valence-corrected chi connectivity index (χ4v) is 4.53. The molecule has 2 unspecified atom stereocenters. The molecule has 3 rings (SSSR count). The Balaban J connectivity index is 1.81. The molecule has 8 heteroatoms. The van der Waals surface area contributed by atoms with Gasteiger partial charge in [-0.1, -0.05) is 42.6 Å². The van der Waals surface area contributed by atoms with Gasteiger partial charge in [-0.05, 0) is 56.5 Å². The van der Waals surface area contributed by atoms with Crippen LogP contribution in [0, 0.1) is 12.8 Å². The Hall–Kier alpha value is -2.67. The van der Waals surface area contributed by atoms with Crippen LogP contribution >= 0.6 is 23.2 Å². The number of nitrogens with one attached hydrogen (secondary N) is 2. The Morgan fingerprint density at radius 3 is 2.71 bits per heavy atom. The molecule has 0 saturated carbocycles. The van der Waals surface area contributed by atoms with Gasteiger partial charge in [0.25, 0.3) is 5.91 Å². The zero-order valence-electron chi connectivity index (χ0n) is 19.8. The Morgan fingerprint density at radius 1 is 1.26 bits per heavy atom. The average molecular weight is 500 g/mol. The Kier molecular flexibility index (Phi) is 9.28. The van der Waals surface area contributed by atoms with Gasteiger partial charge in [-0.2, -0.15) is 5.10 Å². The molecule has 2 aromatic heterocycles. The summed E-state index contributed by atoms with van der Waals surface area (Å²) < 4.78 is 1.68. The molecule has 0 saturated heterocycles. The van der Waals surface area contributed by atoms with Crippen LogP contribution in [-0.2, 0) is 0 Å². The molecule has 34 heavy (non-hydrogen) atoms. The summed E-state index contributed by atoms with van der Waals surface area (Å²) in [5, 5.41) is 12.1. The van der Waals surface area contributed by atoms with Crippen molar-refractivity contribution in [2.24, 2.45) is 5.92 Å². The standard InChI is InChI=1S/C26H31Cl2N5O/c1-5-8-19(6-2)18(4)30-13-14-31-26(34)24-17(3)25(20-9-7-12-29-16-20)33(32-24)23-11-10-21(27)15-22(23)28/h5,7,9-12,15-16,18-19,30H,1,6,8,13-14H2,2-4H3,(H,31,34). The summed E-state index contributed by atoms with van der Waals surface area (Å²) in [6, 6.07) is 9.30. The third kappa shape index (κ3) is 6.06. The van der Waals surface area contributed by atoms with E-state index in [1.54, 1.807) is 35.3 Å². The highest BCUT2D eigenvalue weighted by Crippen LogP contribution is 2.32. The van der Waals surface area contributed by atoms with Crippen LogP contribution < -0.4 is 10.6 Å². The molecule has 2 atom stereocenters. The first-order chi connectivity index (χ1) is 16.4. The largest absolute Gasteiger partial charge is 0.349 e. The molecule has 1 amide bonds. The van der Waals surface area contributed by atoms with Crippen LogP contribution in [0.3, 0.4) is 0 Å². The van der Waals surface area contributed by atoms with Gasteiger partial charge in [0.15, 0.2) is 5.69 Å². The predicted molar refractivity (Wildman–Crippen MR) is 140 cm³/mol. The third-order valence-electron chi connectivity index (χ3n) is 5.99. The van der Waals surface area contributed by atoms with E-state index in [1.807, 2.05) is 25.1 Å². The van der Waals surface area contributed by atoms with E-state index >= 15 is 0 Å². The lowest BCUT2D eigenvalue weighted by Crippen LogP contribution is -2.39. The van der Waals surface area contributed by atoms with Gasteiger partial charge >= 0.3 is 0 Å². The molecule has 0 aliphatic carbocycles. The zero-order chi connectivity index (χ0) is 24.7. The molecule has 3 aromatic rings. The molecule has 6 nitrogen and oxygen atoms in total. The number of rotatable bonds is 11. The lowest BCUT2D eigenvalue weighted by Gasteiger charge is -2.22. The lowest BCUT2D eigenvalue weighted by molar-refractivity contribution is 0.0947. The zero-order valence-corrected chi connectivity index (χ0v) is 21.3. The van der Waals surface area contributed by atoms with E-state index in [1.165, 1.54) is 0 Å². The summed E-state index contributed by atoms with van der Waals surface area (Å²) >= 11 is 12.6. The minimum absolute atomic E-state index is 0.237. The molecule has 0 aliphatic heterocycles. The number of benzene rings is 1. The number of amides is 1. The Labute approximate surface area is 211 Å². The maximum absolute atomic E-state index is 13.1. The number of carbonyl (C=O) groups excluding carboxylic acids is 1. The summed E-state index contributed by atoms with van der Waals surface area (Å²) in [5.74, 6) is 0.288. The van der Waals surface area contributed by atoms with E-state index in [2.05, 4.69) is 41.1 Å². The number of hydrogen-bond donors (Lipinski definition) is 2. The molecule has 0 fully saturated rings. The third-order valence-corrected chi connectivity index (χ3v) is 6.53. The summed E-state index contributed by atoms with van der Waals surface area (Å²) in [6.45, 7) is 11.2. The van der Waals surface area contributed by atoms with Crippen LogP contribution in [0.25, 0.3) is 16.9 Å². The first kappa shape index (κ1) is 25.9. The van der Waals surface area contributed by atoms with Crippen molar-refractivity contribution in [3.8, 4) is 16.9 Å². The van der Waals surface area contributed by atoms with Gasteiger partial charge in [0.2, 0.25) is 0 Å². The fraction of sp³-hybridized carbons (Fsp3) is 0.346. The van der Waals surface area contributed by atoms with Gasteiger partial charge in [0.05, 0.1) is 16.4 Å². The van der Waals surface area contributed by atoms with Crippen molar-refractivity contribution < 1.29 is 4.79 Å². The van der Waals surface area contributed by atoms with E-state index < -0.39 is 0 Å². The molecule has 0 aliphatic rings. The van der Waals surface area contributed by atoms with Crippen LogP contribution in [0.2, 0.25) is 10.0 Å². The normalized spacial score (nSPS) is 12.9. The highest BCUT2D eigenvalue weighted by Gasteiger charge is 2.23. The van der Waals surface area contributed by atoms with Crippen molar-refractivity contribution in [2.45, 2.75) is 39.7 Å². The van der Waals surface area contributed by atoms with Gasteiger partial charge in [-0.15, -0.1) is 6.58 Å². The summed E-state index contributed by atoms with van der Waals surface area (Å²) in [6.07, 6.45) is 7.45. The van der Waals surface area contributed by atoms with Gasteiger partial charge in [0, 0.05) is 47.7 Å². The van der Waals surface area contributed by atoms with Crippen molar-refractivity contribution in [1.82, 2.24) is 25.4 Å². The summed E-state index contributed by atoms with van der Waals surface area (Å²) in [5.41, 5.74) is 3.31. The molecular weight excluding hydrogens is 469 g/mol. The number of pyridine rings is 1. The minimum Gasteiger partial charge on any atom is -0.349 e. The first-order valence-corrected chi connectivity index (χ1v) is 12.2. The second-order valence-corrected chi connectivity index (χ2v) is 9.11. The van der Waals surface area contributed by atoms with E-state index in [0.29, 0.717) is 46.5 Å². The van der Waals surface area contributed by atoms with Gasteiger partial charge < -0.3 is 10.6 Å². The quantitative estimate of drug-likeness (QED) is 0.256. The average Bonchev–Trinajstić information content (AvgIpc) is 3.17. The van der Waals surface area contributed by atoms with Crippen molar-refractivity contribution in [2.75, 3.05) is 13.1 Å². The Bertz CT molecular complexity index is 1130. The summed E-state index contributed by atoms with van der Waals surface area (Å²) in [7, 11) is 0. The van der Waals surface area contributed by atoms with Crippen LogP contribution in [-0.4, -0.2) is 39.8 Å². The van der Waals surface area contributed by atoms with E-state index in [-0.39, 0.29) is 5.91 Å². The van der Waals surface area contributed by atoms with E-state index in [4.69, 9.17) is 23.2 Å². The molecule has 2 N–H and O–H groups in total. The molecule has 180 valence electrons. The van der Waals surface area contributed by atoms with Crippen molar-refractivity contribution in [3.05, 3.63) is 76.7 Å². The van der Waals surface area contributed by atoms with Crippen molar-refractivity contribution in [1.29, 1.82) is 0 Å². The maximum atomic E-state index is 13.1. The monoisotopic (exact) mass is 499 g/mol. The van der Waals surface area contributed by atoms with Crippen molar-refractivity contribution >= 4 is 29.1 Å². The SMILES string of the molecule is C=CCC(CC)C(C)NCCNC(=O)c1nn(-c2ccc(Cl)cc2Cl)c(-c2cccnc2)c1C. The van der Waals surface area contributed by atoms with Gasteiger partial charge in [0.1, 0.15) is 0 Å². The minimum atomic E-state index is -0.237. The van der Waals surface area contributed by atoms with Crippen LogP contribution in [0.1, 0.15) is 42.7 Å². The number of allylic oxidation sites excluding steroid dienone is 1. The van der Waals surface area contributed by atoms with Crippen molar-refractivity contribution in [3.63, 3.8) is 0 Å². The van der Waals surface area contributed by atoms with Gasteiger partial charge in [-0.3, -0.25) is 9.78 Å². The summed E-state index contributed by atoms with van der Waals surface area (Å²) in [4.78, 5) is 17.3. The molecule has 0 radical (unpaired) electrons. The number of nitrogens with zero attached hydrogens (tertiary/aromatic N) is 3. The van der Waals surface area contributed by atoms with Gasteiger partial charge in [-0.25, -0.2) is 4.68 Å². The highest BCUT2D eigenvalue weighted by molar-refractivity contribution is 6.35. The van der Waals surface area contributed by atoms with E-state index in [9.17, 15) is 4.79 Å².